The normalized spacial score (nSPS) is 11.6. The van der Waals surface area contributed by atoms with Gasteiger partial charge in [-0.1, -0.05) is 54.6 Å². The van der Waals surface area contributed by atoms with E-state index in [-0.39, 0.29) is 5.56 Å². The minimum atomic E-state index is -0.112. The predicted octanol–water partition coefficient (Wildman–Crippen LogP) is 6.07. The Kier molecular flexibility index (Phi) is 5.15. The lowest BCUT2D eigenvalue weighted by atomic mass is 10.0. The van der Waals surface area contributed by atoms with Gasteiger partial charge in [0.1, 0.15) is 5.82 Å². The van der Waals surface area contributed by atoms with Crippen LogP contribution in [0.1, 0.15) is 16.8 Å². The number of allylic oxidation sites excluding steroid dienone is 2. The van der Waals surface area contributed by atoms with Crippen LogP contribution < -0.4 is 5.56 Å². The average Bonchev–Trinajstić information content (AvgIpc) is 2.73. The van der Waals surface area contributed by atoms with Gasteiger partial charge in [-0.3, -0.25) is 9.36 Å². The molecule has 4 rings (SSSR count). The molecule has 29 heavy (non-hydrogen) atoms. The Morgan fingerprint density at radius 3 is 2.59 bits per heavy atom. The summed E-state index contributed by atoms with van der Waals surface area (Å²) < 4.78 is 1.64. The molecule has 2 heterocycles. The summed E-state index contributed by atoms with van der Waals surface area (Å²) in [5, 5.41) is 2.22. The molecule has 0 saturated carbocycles. The fourth-order valence-electron chi connectivity index (χ4n) is 3.43. The van der Waals surface area contributed by atoms with Gasteiger partial charge in [0.25, 0.3) is 5.56 Å². The molecule has 142 valence electrons. The Labute approximate surface area is 174 Å². The monoisotopic (exact) mass is 398 g/mol. The largest absolute Gasteiger partial charge is 0.268 e. The van der Waals surface area contributed by atoms with Crippen molar-refractivity contribution in [2.75, 3.05) is 0 Å². The fourth-order valence-corrected chi connectivity index (χ4v) is 3.63. The van der Waals surface area contributed by atoms with Gasteiger partial charge in [0.15, 0.2) is 0 Å². The van der Waals surface area contributed by atoms with Gasteiger partial charge in [0.05, 0.1) is 5.69 Å². The van der Waals surface area contributed by atoms with E-state index >= 15 is 0 Å². The third-order valence-electron chi connectivity index (χ3n) is 4.84. The molecule has 0 aliphatic heterocycles. The van der Waals surface area contributed by atoms with E-state index in [1.54, 1.807) is 16.8 Å². The average molecular weight is 399 g/mol. The van der Waals surface area contributed by atoms with E-state index in [1.807, 2.05) is 79.7 Å². The summed E-state index contributed by atoms with van der Waals surface area (Å²) in [5.41, 5.74) is 3.39. The molecule has 0 spiro atoms. The van der Waals surface area contributed by atoms with Crippen molar-refractivity contribution in [3.05, 3.63) is 118 Å². The summed E-state index contributed by atoms with van der Waals surface area (Å²) in [6.45, 7) is 5.99. The second-order valence-corrected chi connectivity index (χ2v) is 7.19. The third-order valence-corrected chi connectivity index (χ3v) is 5.08. The topological polar surface area (TPSA) is 34.9 Å². The summed E-state index contributed by atoms with van der Waals surface area (Å²) in [6.07, 6.45) is 5.40. The van der Waals surface area contributed by atoms with E-state index in [2.05, 4.69) is 11.6 Å². The van der Waals surface area contributed by atoms with E-state index in [0.717, 1.165) is 27.8 Å². The van der Waals surface area contributed by atoms with Crippen molar-refractivity contribution in [3.8, 4) is 5.82 Å². The maximum Gasteiger partial charge on any atom is 0.264 e. The summed E-state index contributed by atoms with van der Waals surface area (Å²) in [6, 6.07) is 20.9. The minimum absolute atomic E-state index is 0.112. The molecule has 0 saturated heterocycles. The van der Waals surface area contributed by atoms with Gasteiger partial charge in [0.2, 0.25) is 0 Å². The summed E-state index contributed by atoms with van der Waals surface area (Å²) >= 11 is 6.15. The van der Waals surface area contributed by atoms with Crippen LogP contribution in [-0.2, 0) is 0 Å². The van der Waals surface area contributed by atoms with E-state index in [1.165, 1.54) is 0 Å². The first kappa shape index (κ1) is 18.9. The Morgan fingerprint density at radius 1 is 1.03 bits per heavy atom. The van der Waals surface area contributed by atoms with Crippen LogP contribution in [0.25, 0.3) is 28.2 Å². The maximum absolute atomic E-state index is 13.5. The van der Waals surface area contributed by atoms with Crippen LogP contribution in [0.4, 0.5) is 0 Å². The van der Waals surface area contributed by atoms with Crippen molar-refractivity contribution in [3.63, 3.8) is 0 Å². The van der Waals surface area contributed by atoms with Crippen LogP contribution in [0.15, 0.2) is 90.4 Å². The zero-order valence-corrected chi connectivity index (χ0v) is 16.7. The number of hydrogen-bond acceptors (Lipinski definition) is 2. The van der Waals surface area contributed by atoms with Crippen LogP contribution in [-0.4, -0.2) is 9.55 Å². The Hall–Kier alpha value is -3.43. The molecule has 3 nitrogen and oxygen atoms in total. The lowest BCUT2D eigenvalue weighted by molar-refractivity contribution is 0.938. The van der Waals surface area contributed by atoms with Crippen molar-refractivity contribution in [1.82, 2.24) is 9.55 Å². The fraction of sp³-hybridized carbons (Fsp3) is 0.0400. The van der Waals surface area contributed by atoms with Crippen LogP contribution in [0.5, 0.6) is 0 Å². The number of rotatable bonds is 4. The highest BCUT2D eigenvalue weighted by molar-refractivity contribution is 6.30. The number of fused-ring (bicyclic) bond motifs is 1. The van der Waals surface area contributed by atoms with Crippen molar-refractivity contribution >= 4 is 34.0 Å². The standard InChI is InChI=1S/C25H19ClN2O/c1-3-19(14-18-9-7-10-20(26)15-18)23-16-22-17(2)8-6-11-21(22)25(29)28(23)24-12-4-5-13-27-24/h3-16H,1H2,2H3. The SMILES string of the molecule is C=CC(=Cc1cccc(Cl)c1)c1cc2c(C)cccc2c(=O)n1-c1ccccn1. The molecule has 0 aliphatic carbocycles. The number of benzene rings is 2. The number of nitrogens with zero attached hydrogens (tertiary/aromatic N) is 2. The molecule has 0 radical (unpaired) electrons. The number of aryl methyl sites for hydroxylation is 1. The Balaban J connectivity index is 2.08. The smallest absolute Gasteiger partial charge is 0.264 e. The lowest BCUT2D eigenvalue weighted by Crippen LogP contribution is -2.22. The molecular weight excluding hydrogens is 380 g/mol. The zero-order valence-electron chi connectivity index (χ0n) is 16.0. The molecule has 0 bridgehead atoms. The molecule has 0 aliphatic rings. The number of pyridine rings is 2. The number of aromatic nitrogens is 2. The van der Waals surface area contributed by atoms with Crippen molar-refractivity contribution in [1.29, 1.82) is 0 Å². The highest BCUT2D eigenvalue weighted by Gasteiger charge is 2.15. The summed E-state index contributed by atoms with van der Waals surface area (Å²) in [7, 11) is 0. The quantitative estimate of drug-likeness (QED) is 0.391. The minimum Gasteiger partial charge on any atom is -0.268 e. The third kappa shape index (κ3) is 3.65. The van der Waals surface area contributed by atoms with Crippen molar-refractivity contribution in [2.45, 2.75) is 6.92 Å². The van der Waals surface area contributed by atoms with Crippen LogP contribution in [0.3, 0.4) is 0 Å². The van der Waals surface area contributed by atoms with Crippen LogP contribution in [0.2, 0.25) is 5.02 Å². The summed E-state index contributed by atoms with van der Waals surface area (Å²) in [4.78, 5) is 17.9. The molecule has 0 N–H and O–H groups in total. The van der Waals surface area contributed by atoms with Crippen LogP contribution in [0, 0.1) is 6.92 Å². The first-order valence-electron chi connectivity index (χ1n) is 9.25. The second kappa shape index (κ2) is 7.90. The van der Waals surface area contributed by atoms with E-state index in [0.29, 0.717) is 16.2 Å². The molecule has 0 fully saturated rings. The van der Waals surface area contributed by atoms with Crippen LogP contribution >= 0.6 is 11.6 Å². The van der Waals surface area contributed by atoms with Gasteiger partial charge >= 0.3 is 0 Å². The van der Waals surface area contributed by atoms with Gasteiger partial charge in [-0.2, -0.15) is 0 Å². The van der Waals surface area contributed by atoms with Crippen molar-refractivity contribution in [2.24, 2.45) is 0 Å². The molecule has 4 heteroatoms. The zero-order chi connectivity index (χ0) is 20.4. The second-order valence-electron chi connectivity index (χ2n) is 6.75. The number of halogens is 1. The van der Waals surface area contributed by atoms with Gasteiger partial charge in [-0.05, 0) is 71.5 Å². The highest BCUT2D eigenvalue weighted by atomic mass is 35.5. The molecule has 4 aromatic rings. The molecule has 2 aromatic heterocycles. The van der Waals surface area contributed by atoms with Gasteiger partial charge in [0, 0.05) is 16.6 Å². The molecule has 2 aromatic carbocycles. The molecular formula is C25H19ClN2O. The predicted molar refractivity (Wildman–Crippen MR) is 122 cm³/mol. The Bertz CT molecular complexity index is 1300. The van der Waals surface area contributed by atoms with Crippen molar-refractivity contribution < 1.29 is 0 Å². The maximum atomic E-state index is 13.5. The van der Waals surface area contributed by atoms with E-state index < -0.39 is 0 Å². The molecule has 0 amide bonds. The van der Waals surface area contributed by atoms with E-state index in [4.69, 9.17) is 11.6 Å². The number of hydrogen-bond donors (Lipinski definition) is 0. The molecule has 0 atom stereocenters. The summed E-state index contributed by atoms with van der Waals surface area (Å²) in [5.74, 6) is 0.565. The lowest BCUT2D eigenvalue weighted by Gasteiger charge is -2.16. The first-order valence-corrected chi connectivity index (χ1v) is 9.63. The van der Waals surface area contributed by atoms with Gasteiger partial charge in [-0.25, -0.2) is 4.98 Å². The first-order chi connectivity index (χ1) is 14.1. The van der Waals surface area contributed by atoms with Gasteiger partial charge in [-0.15, -0.1) is 0 Å². The van der Waals surface area contributed by atoms with Gasteiger partial charge < -0.3 is 0 Å². The molecule has 0 unspecified atom stereocenters. The Morgan fingerprint density at radius 2 is 1.86 bits per heavy atom. The van der Waals surface area contributed by atoms with E-state index in [9.17, 15) is 4.79 Å². The highest BCUT2D eigenvalue weighted by Crippen LogP contribution is 2.26.